The molecule has 0 spiro atoms. The number of rotatable bonds is 4. The number of fused-ring (bicyclic) bond motifs is 8. The minimum absolute atomic E-state index is 0.644. The molecule has 3 aromatic rings. The first-order chi connectivity index (χ1) is 15.1. The van der Waals surface area contributed by atoms with Crippen LogP contribution in [0.2, 0.25) is 0 Å². The van der Waals surface area contributed by atoms with Gasteiger partial charge in [-0.3, -0.25) is 4.90 Å². The fraction of sp³-hybridized carbons (Fsp3) is 0.462. The Kier molecular flexibility index (Phi) is 4.26. The van der Waals surface area contributed by atoms with Crippen molar-refractivity contribution in [3.05, 3.63) is 35.4 Å². The highest BCUT2D eigenvalue weighted by atomic mass is 16.5. The van der Waals surface area contributed by atoms with Gasteiger partial charge in [-0.25, -0.2) is 0 Å². The molecule has 3 unspecified atom stereocenters. The second-order valence-electron chi connectivity index (χ2n) is 9.24. The Labute approximate surface area is 182 Å². The second-order valence-corrected chi connectivity index (χ2v) is 9.24. The summed E-state index contributed by atoms with van der Waals surface area (Å²) in [5.74, 6) is 4.93. The van der Waals surface area contributed by atoms with Crippen LogP contribution in [0.5, 0.6) is 23.0 Å². The molecule has 3 aliphatic rings. The zero-order valence-electron chi connectivity index (χ0n) is 18.7. The quantitative estimate of drug-likeness (QED) is 0.569. The molecule has 2 aliphatic heterocycles. The minimum atomic E-state index is 0.644. The average Bonchev–Trinajstić information content (AvgIpc) is 3.57. The summed E-state index contributed by atoms with van der Waals surface area (Å²) in [5, 5.41) is 4.88. The predicted octanol–water partition coefficient (Wildman–Crippen LogP) is 4.79. The molecule has 3 atom stereocenters. The third-order valence-electron chi connectivity index (χ3n) is 7.78. The highest BCUT2D eigenvalue weighted by molar-refractivity contribution is 6.12. The number of nitrogens with zero attached hydrogens (tertiary/aromatic N) is 1. The first-order valence-corrected chi connectivity index (χ1v) is 11.1. The van der Waals surface area contributed by atoms with Crippen LogP contribution >= 0.6 is 0 Å². The SMILES string of the molecule is COc1cc2c3c(c4cc(OC)c(OC)cc4c2cc1OC)CN1CC2CC2CC1C3. The van der Waals surface area contributed by atoms with Crippen molar-refractivity contribution in [2.24, 2.45) is 11.8 Å². The molecule has 5 heteroatoms. The van der Waals surface area contributed by atoms with E-state index in [0.717, 1.165) is 47.8 Å². The number of hydrogen-bond donors (Lipinski definition) is 0. The van der Waals surface area contributed by atoms with Gasteiger partial charge in [-0.05, 0) is 88.0 Å². The predicted molar refractivity (Wildman–Crippen MR) is 122 cm³/mol. The number of benzene rings is 3. The fourth-order valence-electron chi connectivity index (χ4n) is 6.06. The molecule has 3 aromatic carbocycles. The van der Waals surface area contributed by atoms with Crippen molar-refractivity contribution < 1.29 is 18.9 Å². The largest absolute Gasteiger partial charge is 0.493 e. The lowest BCUT2D eigenvalue weighted by molar-refractivity contribution is 0.122. The zero-order valence-corrected chi connectivity index (χ0v) is 18.7. The van der Waals surface area contributed by atoms with Crippen molar-refractivity contribution in [3.8, 4) is 23.0 Å². The molecule has 0 radical (unpaired) electrons. The van der Waals surface area contributed by atoms with Crippen LogP contribution < -0.4 is 18.9 Å². The minimum Gasteiger partial charge on any atom is -0.493 e. The number of ether oxygens (including phenoxy) is 4. The molecule has 0 aromatic heterocycles. The Bertz CT molecular complexity index is 1110. The summed E-state index contributed by atoms with van der Waals surface area (Å²) >= 11 is 0. The Hall–Kier alpha value is -2.66. The van der Waals surface area contributed by atoms with E-state index in [1.165, 1.54) is 52.1 Å². The molecule has 0 N–H and O–H groups in total. The Morgan fingerprint density at radius 3 is 1.71 bits per heavy atom. The third-order valence-corrected chi connectivity index (χ3v) is 7.78. The van der Waals surface area contributed by atoms with Crippen molar-refractivity contribution in [1.82, 2.24) is 4.90 Å². The van der Waals surface area contributed by atoms with Gasteiger partial charge in [-0.15, -0.1) is 0 Å². The molecule has 31 heavy (non-hydrogen) atoms. The Morgan fingerprint density at radius 1 is 0.645 bits per heavy atom. The summed E-state index contributed by atoms with van der Waals surface area (Å²) in [7, 11) is 6.80. The first-order valence-electron chi connectivity index (χ1n) is 11.1. The monoisotopic (exact) mass is 419 g/mol. The molecule has 1 aliphatic carbocycles. The summed E-state index contributed by atoms with van der Waals surface area (Å²) in [6.07, 6.45) is 3.85. The van der Waals surface area contributed by atoms with Gasteiger partial charge in [0.05, 0.1) is 28.4 Å². The third kappa shape index (κ3) is 2.79. The van der Waals surface area contributed by atoms with E-state index in [4.69, 9.17) is 18.9 Å². The summed E-state index contributed by atoms with van der Waals surface area (Å²) in [4.78, 5) is 2.72. The fourth-order valence-corrected chi connectivity index (χ4v) is 6.06. The summed E-state index contributed by atoms with van der Waals surface area (Å²) in [6, 6.07) is 9.20. The van der Waals surface area contributed by atoms with Gasteiger partial charge < -0.3 is 18.9 Å². The standard InChI is InChI=1S/C26H29NO4/c1-28-23-8-18-17-7-16-6-14-5-15(14)12-27(16)13-22(17)21-11-26(31-4)25(30-3)10-20(21)19(18)9-24(23)29-2/h8-11,14-16H,5-7,12-13H2,1-4H3. The van der Waals surface area contributed by atoms with Crippen molar-refractivity contribution in [2.45, 2.75) is 31.8 Å². The molecule has 2 fully saturated rings. The normalized spacial score (nSPS) is 24.3. The maximum Gasteiger partial charge on any atom is 0.161 e. The molecule has 2 heterocycles. The molecule has 0 bridgehead atoms. The molecule has 5 nitrogen and oxygen atoms in total. The Balaban J connectivity index is 1.67. The van der Waals surface area contributed by atoms with Gasteiger partial charge in [0.2, 0.25) is 0 Å². The number of methoxy groups -OCH3 is 4. The second kappa shape index (κ2) is 6.92. The van der Waals surface area contributed by atoms with Crippen LogP contribution in [0.3, 0.4) is 0 Å². The highest BCUT2D eigenvalue weighted by Crippen LogP contribution is 2.51. The lowest BCUT2D eigenvalue weighted by Gasteiger charge is -2.41. The maximum absolute atomic E-state index is 5.68. The van der Waals surface area contributed by atoms with Crippen molar-refractivity contribution in [3.63, 3.8) is 0 Å². The van der Waals surface area contributed by atoms with E-state index in [9.17, 15) is 0 Å². The van der Waals surface area contributed by atoms with Crippen LogP contribution in [0.15, 0.2) is 24.3 Å². The summed E-state index contributed by atoms with van der Waals surface area (Å²) in [6.45, 7) is 2.24. The van der Waals surface area contributed by atoms with Gasteiger partial charge >= 0.3 is 0 Å². The summed E-state index contributed by atoms with van der Waals surface area (Å²) < 4.78 is 22.7. The maximum atomic E-state index is 5.68. The van der Waals surface area contributed by atoms with Crippen LogP contribution in [-0.4, -0.2) is 45.9 Å². The van der Waals surface area contributed by atoms with Crippen LogP contribution in [-0.2, 0) is 13.0 Å². The molecular weight excluding hydrogens is 390 g/mol. The highest BCUT2D eigenvalue weighted by Gasteiger charge is 2.47. The Morgan fingerprint density at radius 2 is 1.16 bits per heavy atom. The van der Waals surface area contributed by atoms with Crippen LogP contribution in [0.25, 0.3) is 21.5 Å². The number of hydrogen-bond acceptors (Lipinski definition) is 5. The lowest BCUT2D eigenvalue weighted by atomic mass is 9.82. The molecule has 6 rings (SSSR count). The van der Waals surface area contributed by atoms with E-state index in [1.807, 2.05) is 0 Å². The average molecular weight is 420 g/mol. The van der Waals surface area contributed by atoms with Crippen LogP contribution in [0.4, 0.5) is 0 Å². The van der Waals surface area contributed by atoms with Crippen LogP contribution in [0.1, 0.15) is 24.0 Å². The van der Waals surface area contributed by atoms with Gasteiger partial charge in [0.25, 0.3) is 0 Å². The van der Waals surface area contributed by atoms with E-state index in [1.54, 1.807) is 28.4 Å². The van der Waals surface area contributed by atoms with Gasteiger partial charge in [0.1, 0.15) is 0 Å². The van der Waals surface area contributed by atoms with E-state index in [-0.39, 0.29) is 0 Å². The van der Waals surface area contributed by atoms with Gasteiger partial charge in [0.15, 0.2) is 23.0 Å². The zero-order chi connectivity index (χ0) is 21.3. The van der Waals surface area contributed by atoms with E-state index >= 15 is 0 Å². The smallest absolute Gasteiger partial charge is 0.161 e. The number of piperidine rings is 1. The van der Waals surface area contributed by atoms with E-state index < -0.39 is 0 Å². The van der Waals surface area contributed by atoms with Crippen molar-refractivity contribution >= 4 is 21.5 Å². The topological polar surface area (TPSA) is 40.2 Å². The molecule has 1 saturated carbocycles. The van der Waals surface area contributed by atoms with Gasteiger partial charge in [0, 0.05) is 19.1 Å². The molecule has 0 amide bonds. The van der Waals surface area contributed by atoms with E-state index in [2.05, 4.69) is 29.2 Å². The van der Waals surface area contributed by atoms with Crippen molar-refractivity contribution in [1.29, 1.82) is 0 Å². The van der Waals surface area contributed by atoms with E-state index in [0.29, 0.717) is 6.04 Å². The first kappa shape index (κ1) is 19.1. The lowest BCUT2D eigenvalue weighted by Crippen LogP contribution is -2.44. The van der Waals surface area contributed by atoms with Crippen molar-refractivity contribution in [2.75, 3.05) is 35.0 Å². The molecule has 162 valence electrons. The molecular formula is C26H29NO4. The van der Waals surface area contributed by atoms with Crippen LogP contribution in [0, 0.1) is 11.8 Å². The molecule has 1 saturated heterocycles. The summed E-state index contributed by atoms with van der Waals surface area (Å²) in [5.41, 5.74) is 2.88. The van der Waals surface area contributed by atoms with Gasteiger partial charge in [-0.1, -0.05) is 0 Å². The van der Waals surface area contributed by atoms with Gasteiger partial charge in [-0.2, -0.15) is 0 Å².